The molecule has 2 fully saturated rings. The van der Waals surface area contributed by atoms with Gasteiger partial charge in [0.1, 0.15) is 6.10 Å². The molecule has 2 aliphatic rings. The first-order valence-electron chi connectivity index (χ1n) is 7.17. The van der Waals surface area contributed by atoms with Gasteiger partial charge in [-0.25, -0.2) is 4.39 Å². The lowest BCUT2D eigenvalue weighted by Crippen LogP contribution is -2.15. The lowest BCUT2D eigenvalue weighted by molar-refractivity contribution is -0.141. The normalized spacial score (nSPS) is 31.5. The lowest BCUT2D eigenvalue weighted by Gasteiger charge is -2.11. The SMILES string of the molecule is CCCCC(F)C(=O)/C=C/C1CCC2OC(=O)CC12. The van der Waals surface area contributed by atoms with Crippen molar-refractivity contribution in [2.45, 2.75) is 57.7 Å². The van der Waals surface area contributed by atoms with Crippen LogP contribution in [-0.2, 0) is 14.3 Å². The third kappa shape index (κ3) is 3.43. The zero-order valence-electron chi connectivity index (χ0n) is 11.3. The maximum Gasteiger partial charge on any atom is 0.306 e. The van der Waals surface area contributed by atoms with E-state index in [1.165, 1.54) is 6.08 Å². The average Bonchev–Trinajstić information content (AvgIpc) is 2.92. The Morgan fingerprint density at radius 2 is 2.32 bits per heavy atom. The van der Waals surface area contributed by atoms with Crippen LogP contribution in [0.5, 0.6) is 0 Å². The van der Waals surface area contributed by atoms with E-state index in [9.17, 15) is 14.0 Å². The molecule has 4 atom stereocenters. The summed E-state index contributed by atoms with van der Waals surface area (Å²) in [6, 6.07) is 0. The lowest BCUT2D eigenvalue weighted by atomic mass is 9.92. The van der Waals surface area contributed by atoms with Crippen LogP contribution in [0.2, 0.25) is 0 Å². The molecule has 1 saturated carbocycles. The fourth-order valence-corrected chi connectivity index (χ4v) is 2.99. The van der Waals surface area contributed by atoms with Crippen molar-refractivity contribution in [2.24, 2.45) is 11.8 Å². The second-order valence-electron chi connectivity index (χ2n) is 5.51. The Morgan fingerprint density at radius 3 is 3.05 bits per heavy atom. The van der Waals surface area contributed by atoms with Crippen molar-refractivity contribution in [3.63, 3.8) is 0 Å². The molecule has 4 unspecified atom stereocenters. The number of ether oxygens (including phenoxy) is 1. The van der Waals surface area contributed by atoms with Crippen molar-refractivity contribution in [1.82, 2.24) is 0 Å². The summed E-state index contributed by atoms with van der Waals surface area (Å²) in [5, 5.41) is 0. The molecule has 106 valence electrons. The summed E-state index contributed by atoms with van der Waals surface area (Å²) < 4.78 is 18.7. The van der Waals surface area contributed by atoms with E-state index in [1.807, 2.05) is 6.92 Å². The number of alkyl halides is 1. The van der Waals surface area contributed by atoms with Gasteiger partial charge in [0, 0.05) is 5.92 Å². The number of allylic oxidation sites excluding steroid dienone is 2. The highest BCUT2D eigenvalue weighted by Gasteiger charge is 2.43. The predicted molar refractivity (Wildman–Crippen MR) is 69.3 cm³/mol. The van der Waals surface area contributed by atoms with Crippen molar-refractivity contribution in [3.05, 3.63) is 12.2 Å². The van der Waals surface area contributed by atoms with Crippen LogP contribution in [-0.4, -0.2) is 24.0 Å². The molecule has 0 spiro atoms. The monoisotopic (exact) mass is 268 g/mol. The van der Waals surface area contributed by atoms with E-state index in [-0.39, 0.29) is 23.9 Å². The summed E-state index contributed by atoms with van der Waals surface area (Å²) in [4.78, 5) is 22.8. The summed E-state index contributed by atoms with van der Waals surface area (Å²) >= 11 is 0. The van der Waals surface area contributed by atoms with E-state index >= 15 is 0 Å². The molecular weight excluding hydrogens is 247 g/mol. The quantitative estimate of drug-likeness (QED) is 0.549. The van der Waals surface area contributed by atoms with Crippen molar-refractivity contribution >= 4 is 11.8 Å². The van der Waals surface area contributed by atoms with Crippen molar-refractivity contribution in [1.29, 1.82) is 0 Å². The van der Waals surface area contributed by atoms with E-state index in [2.05, 4.69) is 0 Å². The largest absolute Gasteiger partial charge is 0.462 e. The van der Waals surface area contributed by atoms with Gasteiger partial charge in [0.2, 0.25) is 0 Å². The standard InChI is InChI=1S/C15H21FO3/c1-2-3-4-12(16)13(17)7-5-10-6-8-14-11(10)9-15(18)19-14/h5,7,10-12,14H,2-4,6,8-9H2,1H3/b7-5+. The number of hydrogen-bond donors (Lipinski definition) is 0. The van der Waals surface area contributed by atoms with Gasteiger partial charge in [-0.15, -0.1) is 0 Å². The van der Waals surface area contributed by atoms with Crippen molar-refractivity contribution in [2.75, 3.05) is 0 Å². The number of carbonyl (C=O) groups excluding carboxylic acids is 2. The van der Waals surface area contributed by atoms with Gasteiger partial charge in [-0.1, -0.05) is 25.8 Å². The van der Waals surface area contributed by atoms with Crippen LogP contribution in [0.1, 0.15) is 45.4 Å². The topological polar surface area (TPSA) is 43.4 Å². The van der Waals surface area contributed by atoms with Crippen LogP contribution < -0.4 is 0 Å². The Morgan fingerprint density at radius 1 is 1.53 bits per heavy atom. The molecule has 0 radical (unpaired) electrons. The first-order valence-corrected chi connectivity index (χ1v) is 7.17. The van der Waals surface area contributed by atoms with Gasteiger partial charge in [-0.3, -0.25) is 9.59 Å². The predicted octanol–water partition coefficient (Wildman–Crippen LogP) is 2.98. The molecule has 1 aliphatic heterocycles. The van der Waals surface area contributed by atoms with E-state index in [0.717, 1.165) is 25.7 Å². The summed E-state index contributed by atoms with van der Waals surface area (Å²) in [5.74, 6) is -0.225. The number of hydrogen-bond acceptors (Lipinski definition) is 3. The van der Waals surface area contributed by atoms with Crippen molar-refractivity contribution < 1.29 is 18.7 Å². The fraction of sp³-hybridized carbons (Fsp3) is 0.733. The smallest absolute Gasteiger partial charge is 0.306 e. The van der Waals surface area contributed by atoms with Crippen LogP contribution in [0.15, 0.2) is 12.2 Å². The Kier molecular flexibility index (Phi) is 4.72. The Hall–Kier alpha value is -1.19. The summed E-state index contributed by atoms with van der Waals surface area (Å²) in [6.45, 7) is 1.98. The van der Waals surface area contributed by atoms with Gasteiger partial charge < -0.3 is 4.74 Å². The first kappa shape index (κ1) is 14.2. The average molecular weight is 268 g/mol. The molecule has 0 bridgehead atoms. The highest BCUT2D eigenvalue weighted by Crippen LogP contribution is 2.41. The molecule has 1 heterocycles. The van der Waals surface area contributed by atoms with Crippen LogP contribution in [0.4, 0.5) is 4.39 Å². The minimum absolute atomic E-state index is 0.0125. The Bertz CT molecular complexity index is 378. The Balaban J connectivity index is 1.85. The molecule has 19 heavy (non-hydrogen) atoms. The molecule has 0 aromatic carbocycles. The summed E-state index contributed by atoms with van der Waals surface area (Å²) in [5.41, 5.74) is 0. The van der Waals surface area contributed by atoms with E-state index in [4.69, 9.17) is 4.74 Å². The molecule has 1 aliphatic carbocycles. The second-order valence-corrected chi connectivity index (χ2v) is 5.51. The highest BCUT2D eigenvalue weighted by atomic mass is 19.1. The third-order valence-corrected chi connectivity index (χ3v) is 4.12. The number of unbranched alkanes of at least 4 members (excludes halogenated alkanes) is 1. The zero-order valence-corrected chi connectivity index (χ0v) is 11.3. The maximum atomic E-state index is 13.5. The second kappa shape index (κ2) is 6.31. The summed E-state index contributed by atoms with van der Waals surface area (Å²) in [7, 11) is 0. The molecule has 3 nitrogen and oxygen atoms in total. The molecule has 0 amide bonds. The van der Waals surface area contributed by atoms with Crippen LogP contribution in [0.3, 0.4) is 0 Å². The maximum absolute atomic E-state index is 13.5. The molecule has 4 heteroatoms. The first-order chi connectivity index (χ1) is 9.11. The number of ketones is 1. The molecule has 1 saturated heterocycles. The van der Waals surface area contributed by atoms with Gasteiger partial charge in [-0.2, -0.15) is 0 Å². The van der Waals surface area contributed by atoms with Gasteiger partial charge >= 0.3 is 5.97 Å². The minimum Gasteiger partial charge on any atom is -0.462 e. The number of esters is 1. The number of carbonyl (C=O) groups is 2. The van der Waals surface area contributed by atoms with Gasteiger partial charge in [0.15, 0.2) is 12.0 Å². The number of fused-ring (bicyclic) bond motifs is 1. The molecule has 2 rings (SSSR count). The van der Waals surface area contributed by atoms with Crippen LogP contribution in [0.25, 0.3) is 0 Å². The van der Waals surface area contributed by atoms with E-state index < -0.39 is 12.0 Å². The third-order valence-electron chi connectivity index (χ3n) is 4.12. The fourth-order valence-electron chi connectivity index (χ4n) is 2.99. The van der Waals surface area contributed by atoms with Gasteiger partial charge in [-0.05, 0) is 31.3 Å². The Labute approximate surface area is 113 Å². The zero-order chi connectivity index (χ0) is 13.8. The molecule has 0 N–H and O–H groups in total. The van der Waals surface area contributed by atoms with Crippen LogP contribution >= 0.6 is 0 Å². The minimum atomic E-state index is -1.38. The van der Waals surface area contributed by atoms with Gasteiger partial charge in [0.25, 0.3) is 0 Å². The summed E-state index contributed by atoms with van der Waals surface area (Å²) in [6.07, 6.45) is 5.92. The number of rotatable bonds is 6. The highest BCUT2D eigenvalue weighted by molar-refractivity contribution is 5.93. The van der Waals surface area contributed by atoms with Crippen molar-refractivity contribution in [3.8, 4) is 0 Å². The van der Waals surface area contributed by atoms with E-state index in [1.54, 1.807) is 6.08 Å². The molecule has 0 aromatic heterocycles. The molecular formula is C15H21FO3. The van der Waals surface area contributed by atoms with Gasteiger partial charge in [0.05, 0.1) is 6.42 Å². The number of halogens is 1. The van der Waals surface area contributed by atoms with E-state index in [0.29, 0.717) is 12.8 Å². The molecule has 0 aromatic rings. The van der Waals surface area contributed by atoms with Crippen LogP contribution in [0, 0.1) is 11.8 Å².